The van der Waals surface area contributed by atoms with E-state index >= 15 is 0 Å². The average molecular weight is 351 g/mol. The van der Waals surface area contributed by atoms with Crippen molar-refractivity contribution in [1.82, 2.24) is 14.3 Å². The highest BCUT2D eigenvalue weighted by atomic mass is 79.9. The van der Waals surface area contributed by atoms with Crippen molar-refractivity contribution in [2.24, 2.45) is 7.05 Å². The minimum Gasteiger partial charge on any atom is -0.505 e. The molecule has 0 saturated heterocycles. The molecule has 0 saturated carbocycles. The zero-order valence-electron chi connectivity index (χ0n) is 9.39. The molecule has 9 heteroatoms. The lowest BCUT2D eigenvalue weighted by molar-refractivity contribution is 0.467. The van der Waals surface area contributed by atoms with Gasteiger partial charge in [-0.3, -0.25) is 9.36 Å². The van der Waals surface area contributed by atoms with Crippen LogP contribution in [-0.2, 0) is 7.05 Å². The van der Waals surface area contributed by atoms with E-state index in [0.29, 0.717) is 4.68 Å². The summed E-state index contributed by atoms with van der Waals surface area (Å²) in [6.45, 7) is 0. The van der Waals surface area contributed by atoms with E-state index in [9.17, 15) is 19.1 Å². The zero-order valence-corrected chi connectivity index (χ0v) is 11.7. The van der Waals surface area contributed by atoms with E-state index in [1.54, 1.807) is 0 Å². The number of hydrogen-bond donors (Lipinski definition) is 1. The van der Waals surface area contributed by atoms with Gasteiger partial charge >= 0.3 is 5.69 Å². The molecule has 0 bridgehead atoms. The maximum Gasteiger partial charge on any atom is 0.352 e. The van der Waals surface area contributed by atoms with Gasteiger partial charge in [0.05, 0.1) is 9.50 Å². The Morgan fingerprint density at radius 2 is 2.11 bits per heavy atom. The van der Waals surface area contributed by atoms with Crippen molar-refractivity contribution in [1.29, 1.82) is 0 Å². The topological polar surface area (TPSA) is 77.1 Å². The fourth-order valence-electron chi connectivity index (χ4n) is 1.40. The van der Waals surface area contributed by atoms with Gasteiger partial charge in [0.1, 0.15) is 11.9 Å². The van der Waals surface area contributed by atoms with Crippen molar-refractivity contribution >= 4 is 27.5 Å². The van der Waals surface area contributed by atoms with Crippen LogP contribution in [0.25, 0.3) is 5.69 Å². The molecule has 0 fully saturated rings. The van der Waals surface area contributed by atoms with Crippen LogP contribution in [0.5, 0.6) is 5.75 Å². The molecule has 1 N–H and O–H groups in total. The first-order chi connectivity index (χ1) is 8.84. The summed E-state index contributed by atoms with van der Waals surface area (Å²) in [4.78, 5) is 23.1. The lowest BCUT2D eigenvalue weighted by Crippen LogP contribution is -2.38. The first kappa shape index (κ1) is 13.8. The smallest absolute Gasteiger partial charge is 0.352 e. The van der Waals surface area contributed by atoms with Crippen LogP contribution in [0.15, 0.2) is 26.3 Å². The molecule has 0 unspecified atom stereocenters. The second kappa shape index (κ2) is 4.78. The van der Waals surface area contributed by atoms with Crippen LogP contribution < -0.4 is 11.2 Å². The molecule has 0 spiro atoms. The third-order valence-electron chi connectivity index (χ3n) is 2.42. The van der Waals surface area contributed by atoms with Crippen molar-refractivity contribution < 1.29 is 9.50 Å². The number of aromatic hydroxyl groups is 1. The van der Waals surface area contributed by atoms with Crippen molar-refractivity contribution in [2.45, 2.75) is 0 Å². The fraction of sp³-hybridized carbons (Fsp3) is 0.100. The molecule has 2 rings (SSSR count). The summed E-state index contributed by atoms with van der Waals surface area (Å²) in [6, 6.07) is 0.843. The largest absolute Gasteiger partial charge is 0.505 e. The number of rotatable bonds is 1. The lowest BCUT2D eigenvalue weighted by Gasteiger charge is -2.10. The number of phenols is 1. The molecule has 2 aromatic rings. The molecule has 1 heterocycles. The Bertz CT molecular complexity index is 787. The van der Waals surface area contributed by atoms with Gasteiger partial charge in [-0.2, -0.15) is 9.78 Å². The van der Waals surface area contributed by atoms with Gasteiger partial charge < -0.3 is 5.11 Å². The van der Waals surface area contributed by atoms with Gasteiger partial charge in [-0.15, -0.1) is 0 Å². The molecule has 19 heavy (non-hydrogen) atoms. The maximum atomic E-state index is 13.9. The van der Waals surface area contributed by atoms with Crippen LogP contribution in [0.2, 0.25) is 5.02 Å². The molecule has 0 aliphatic carbocycles. The molecule has 0 aliphatic rings. The molecule has 0 radical (unpaired) electrons. The third kappa shape index (κ3) is 2.17. The fourth-order valence-corrected chi connectivity index (χ4v) is 2.27. The third-order valence-corrected chi connectivity index (χ3v) is 3.46. The highest BCUT2D eigenvalue weighted by molar-refractivity contribution is 9.10. The number of halogens is 3. The normalized spacial score (nSPS) is 10.7. The van der Waals surface area contributed by atoms with E-state index < -0.39 is 22.8 Å². The number of nitrogens with zero attached hydrogens (tertiary/aromatic N) is 3. The molecule has 6 nitrogen and oxygen atoms in total. The van der Waals surface area contributed by atoms with Crippen LogP contribution in [0.4, 0.5) is 4.39 Å². The first-order valence-electron chi connectivity index (χ1n) is 4.86. The predicted octanol–water partition coefficient (Wildman–Crippen LogP) is 1.19. The number of phenolic OH excluding ortho intramolecular Hbond substituents is 1. The summed E-state index contributed by atoms with van der Waals surface area (Å²) in [5, 5.41) is 13.0. The Morgan fingerprint density at radius 1 is 1.47 bits per heavy atom. The quantitative estimate of drug-likeness (QED) is 0.838. The highest BCUT2D eigenvalue weighted by Gasteiger charge is 2.19. The standard InChI is InChI=1S/C10H6BrClFN3O3/c1-15-6(17)3-14-16(10(15)19)8-5(13)2-4(12)9(18)7(8)11/h2-3,18H,1H3. The van der Waals surface area contributed by atoms with Gasteiger partial charge in [-0.1, -0.05) is 11.6 Å². The summed E-state index contributed by atoms with van der Waals surface area (Å²) in [7, 11) is 1.23. The molecule has 100 valence electrons. The van der Waals surface area contributed by atoms with Crippen LogP contribution >= 0.6 is 27.5 Å². The summed E-state index contributed by atoms with van der Waals surface area (Å²) in [6.07, 6.45) is 0.860. The minimum atomic E-state index is -0.872. The lowest BCUT2D eigenvalue weighted by atomic mass is 10.3. The number of hydrogen-bond acceptors (Lipinski definition) is 4. The van der Waals surface area contributed by atoms with E-state index in [1.165, 1.54) is 7.05 Å². The molecular formula is C10H6BrClFN3O3. The Balaban J connectivity index is 2.88. The van der Waals surface area contributed by atoms with Crippen LogP contribution in [0.3, 0.4) is 0 Å². The maximum absolute atomic E-state index is 13.9. The van der Waals surface area contributed by atoms with Crippen LogP contribution in [-0.4, -0.2) is 19.5 Å². The Kier molecular flexibility index (Phi) is 3.46. The van der Waals surface area contributed by atoms with Gasteiger partial charge in [-0.05, 0) is 22.0 Å². The van der Waals surface area contributed by atoms with E-state index in [4.69, 9.17) is 11.6 Å². The summed E-state index contributed by atoms with van der Waals surface area (Å²) >= 11 is 8.53. The SMILES string of the molecule is Cn1c(=O)cnn(-c2c(F)cc(Cl)c(O)c2Br)c1=O. The molecule has 0 atom stereocenters. The first-order valence-corrected chi connectivity index (χ1v) is 6.04. The summed E-state index contributed by atoms with van der Waals surface area (Å²) < 4.78 is 15.1. The summed E-state index contributed by atoms with van der Waals surface area (Å²) in [5.74, 6) is -1.30. The summed E-state index contributed by atoms with van der Waals surface area (Å²) in [5.41, 5.74) is -1.81. The Hall–Kier alpha value is -1.67. The van der Waals surface area contributed by atoms with Crippen molar-refractivity contribution in [3.63, 3.8) is 0 Å². The van der Waals surface area contributed by atoms with Gasteiger partial charge in [0, 0.05) is 7.05 Å². The van der Waals surface area contributed by atoms with Crippen LogP contribution in [0.1, 0.15) is 0 Å². The highest BCUT2D eigenvalue weighted by Crippen LogP contribution is 2.37. The minimum absolute atomic E-state index is 0.134. The van der Waals surface area contributed by atoms with Gasteiger partial charge in [0.2, 0.25) is 0 Å². The van der Waals surface area contributed by atoms with Crippen LogP contribution in [0, 0.1) is 5.82 Å². The van der Waals surface area contributed by atoms with Gasteiger partial charge in [0.15, 0.2) is 11.6 Å². The van der Waals surface area contributed by atoms with Crippen molar-refractivity contribution in [3.05, 3.63) is 48.4 Å². The van der Waals surface area contributed by atoms with Gasteiger partial charge in [-0.25, -0.2) is 9.18 Å². The predicted molar refractivity (Wildman–Crippen MR) is 69.4 cm³/mol. The second-order valence-corrected chi connectivity index (χ2v) is 4.79. The molecule has 1 aromatic carbocycles. The number of aromatic nitrogens is 3. The van der Waals surface area contributed by atoms with E-state index in [2.05, 4.69) is 21.0 Å². The van der Waals surface area contributed by atoms with E-state index in [0.717, 1.165) is 16.8 Å². The van der Waals surface area contributed by atoms with Crippen molar-refractivity contribution in [2.75, 3.05) is 0 Å². The van der Waals surface area contributed by atoms with E-state index in [-0.39, 0.29) is 15.2 Å². The molecule has 1 aromatic heterocycles. The zero-order chi connectivity index (χ0) is 14.3. The van der Waals surface area contributed by atoms with Gasteiger partial charge in [0.25, 0.3) is 5.56 Å². The second-order valence-electron chi connectivity index (χ2n) is 3.59. The van der Waals surface area contributed by atoms with E-state index in [1.807, 2.05) is 0 Å². The molecule has 0 amide bonds. The average Bonchev–Trinajstić information content (AvgIpc) is 2.36. The molecule has 0 aliphatic heterocycles. The Morgan fingerprint density at radius 3 is 2.74 bits per heavy atom. The Labute approximate surface area is 118 Å². The molecular weight excluding hydrogens is 344 g/mol. The van der Waals surface area contributed by atoms with Crippen molar-refractivity contribution in [3.8, 4) is 11.4 Å². The number of benzene rings is 1. The monoisotopic (exact) mass is 349 g/mol.